The molecule has 2 aromatic rings. The average Bonchev–Trinajstić information content (AvgIpc) is 2.89. The molecule has 3 rings (SSSR count). The van der Waals surface area contributed by atoms with Gasteiger partial charge in [0.1, 0.15) is 5.75 Å². The fourth-order valence-corrected chi connectivity index (χ4v) is 4.45. The van der Waals surface area contributed by atoms with Crippen molar-refractivity contribution in [1.29, 1.82) is 0 Å². The highest BCUT2D eigenvalue weighted by molar-refractivity contribution is 9.10. The predicted molar refractivity (Wildman–Crippen MR) is 97.2 cm³/mol. The molecule has 118 valence electrons. The van der Waals surface area contributed by atoms with Gasteiger partial charge in [-0.3, -0.25) is 0 Å². The van der Waals surface area contributed by atoms with Crippen LogP contribution in [0.1, 0.15) is 24.3 Å². The zero-order valence-electron chi connectivity index (χ0n) is 12.8. The summed E-state index contributed by atoms with van der Waals surface area (Å²) in [6.07, 6.45) is 0.767. The van der Waals surface area contributed by atoms with E-state index in [1.807, 2.05) is 6.07 Å². The first kappa shape index (κ1) is 15.8. The summed E-state index contributed by atoms with van der Waals surface area (Å²) >= 11 is 5.23. The number of thiophene rings is 1. The van der Waals surface area contributed by atoms with E-state index in [-0.39, 0.29) is 0 Å². The topological polar surface area (TPSA) is 35.5 Å². The first-order valence-electron chi connectivity index (χ1n) is 7.58. The van der Waals surface area contributed by atoms with Crippen molar-refractivity contribution in [3.05, 3.63) is 44.6 Å². The Bertz CT molecular complexity index is 658. The third-order valence-electron chi connectivity index (χ3n) is 4.17. The summed E-state index contributed by atoms with van der Waals surface area (Å²) in [5.41, 5.74) is 2.18. The molecule has 2 atom stereocenters. The minimum atomic E-state index is 0.389. The van der Waals surface area contributed by atoms with Crippen LogP contribution in [0.5, 0.6) is 5.75 Å². The number of phenolic OH excluding ortho intramolecular Hbond substituents is 1. The lowest BCUT2D eigenvalue weighted by Crippen LogP contribution is -2.54. The van der Waals surface area contributed by atoms with Gasteiger partial charge in [0.05, 0.1) is 0 Å². The molecular weight excluding hydrogens is 360 g/mol. The van der Waals surface area contributed by atoms with Crippen LogP contribution in [-0.2, 0) is 6.42 Å². The predicted octanol–water partition coefficient (Wildman–Crippen LogP) is 3.99. The summed E-state index contributed by atoms with van der Waals surface area (Å²) in [4.78, 5) is 3.67. The number of nitrogens with zero attached hydrogens (tertiary/aromatic N) is 1. The number of halogens is 1. The van der Waals surface area contributed by atoms with Crippen molar-refractivity contribution in [3.8, 4) is 5.75 Å². The van der Waals surface area contributed by atoms with Gasteiger partial charge in [-0.1, -0.05) is 6.07 Å². The fraction of sp³-hybridized carbons (Fsp3) is 0.412. The number of phenols is 1. The number of aromatic hydroxyl groups is 1. The molecule has 5 heteroatoms. The molecule has 0 aliphatic carbocycles. The molecule has 1 fully saturated rings. The van der Waals surface area contributed by atoms with Gasteiger partial charge in [-0.05, 0) is 48.0 Å². The number of hydrogen-bond donors (Lipinski definition) is 2. The Labute approximate surface area is 144 Å². The van der Waals surface area contributed by atoms with Gasteiger partial charge in [-0.15, -0.1) is 11.3 Å². The van der Waals surface area contributed by atoms with Gasteiger partial charge in [0.15, 0.2) is 0 Å². The van der Waals surface area contributed by atoms with E-state index < -0.39 is 0 Å². The quantitative estimate of drug-likeness (QED) is 0.844. The molecule has 0 amide bonds. The molecule has 0 saturated carbocycles. The minimum Gasteiger partial charge on any atom is -0.508 e. The van der Waals surface area contributed by atoms with E-state index in [1.54, 1.807) is 17.4 Å². The number of rotatable bonds is 3. The minimum absolute atomic E-state index is 0.389. The summed E-state index contributed by atoms with van der Waals surface area (Å²) in [6, 6.07) is 8.88. The number of anilines is 1. The largest absolute Gasteiger partial charge is 0.508 e. The molecule has 2 N–H and O–H groups in total. The molecule has 2 heterocycles. The van der Waals surface area contributed by atoms with Gasteiger partial charge in [0.25, 0.3) is 0 Å². The summed E-state index contributed by atoms with van der Waals surface area (Å²) < 4.78 is 1.11. The van der Waals surface area contributed by atoms with Crippen molar-refractivity contribution in [3.63, 3.8) is 0 Å². The smallest absolute Gasteiger partial charge is 0.121 e. The Morgan fingerprint density at radius 3 is 2.95 bits per heavy atom. The molecule has 0 spiro atoms. The lowest BCUT2D eigenvalue weighted by atomic mass is 10.0. The second-order valence-electron chi connectivity index (χ2n) is 5.99. The van der Waals surface area contributed by atoms with E-state index >= 15 is 0 Å². The van der Waals surface area contributed by atoms with Crippen molar-refractivity contribution in [2.75, 3.05) is 18.0 Å². The van der Waals surface area contributed by atoms with E-state index in [0.29, 0.717) is 17.8 Å². The van der Waals surface area contributed by atoms with Crippen molar-refractivity contribution < 1.29 is 5.11 Å². The zero-order chi connectivity index (χ0) is 15.7. The van der Waals surface area contributed by atoms with Crippen LogP contribution in [0.3, 0.4) is 0 Å². The molecule has 0 radical (unpaired) electrons. The van der Waals surface area contributed by atoms with E-state index in [4.69, 9.17) is 0 Å². The van der Waals surface area contributed by atoms with Gasteiger partial charge in [-0.25, -0.2) is 0 Å². The first-order chi connectivity index (χ1) is 10.5. The maximum Gasteiger partial charge on any atom is 0.121 e. The standard InChI is InChI=1S/C17H21BrN2OS/c1-11-9-20(12(2)8-19-11)16-4-3-5-17(21)15(16)7-14-6-13(18)10-22-14/h3-6,10-12,19,21H,7-9H2,1-2H3. The number of piperazine rings is 1. The molecule has 1 aliphatic rings. The first-order valence-corrected chi connectivity index (χ1v) is 9.25. The summed E-state index contributed by atoms with van der Waals surface area (Å²) in [6.45, 7) is 6.37. The van der Waals surface area contributed by atoms with Crippen LogP contribution in [0, 0.1) is 0 Å². The zero-order valence-corrected chi connectivity index (χ0v) is 15.2. The average molecular weight is 381 g/mol. The lowest BCUT2D eigenvalue weighted by Gasteiger charge is -2.40. The molecule has 1 aliphatic heterocycles. The van der Waals surface area contributed by atoms with Gasteiger partial charge in [0, 0.05) is 57.6 Å². The monoisotopic (exact) mass is 380 g/mol. The van der Waals surface area contributed by atoms with E-state index in [9.17, 15) is 5.11 Å². The second kappa shape index (κ2) is 6.60. The molecule has 1 aromatic heterocycles. The Balaban J connectivity index is 1.95. The molecule has 3 nitrogen and oxygen atoms in total. The number of hydrogen-bond acceptors (Lipinski definition) is 4. The molecule has 0 bridgehead atoms. The maximum absolute atomic E-state index is 10.4. The second-order valence-corrected chi connectivity index (χ2v) is 7.90. The van der Waals surface area contributed by atoms with Crippen molar-refractivity contribution in [2.45, 2.75) is 32.4 Å². The Hall–Kier alpha value is -1.04. The van der Waals surface area contributed by atoms with Crippen LogP contribution in [0.4, 0.5) is 5.69 Å². The summed E-state index contributed by atoms with van der Waals surface area (Å²) in [7, 11) is 0. The fourth-order valence-electron chi connectivity index (χ4n) is 2.99. The van der Waals surface area contributed by atoms with E-state index in [2.05, 4.69) is 57.5 Å². The number of nitrogens with one attached hydrogen (secondary N) is 1. The van der Waals surface area contributed by atoms with Crippen molar-refractivity contribution in [2.24, 2.45) is 0 Å². The summed E-state index contributed by atoms with van der Waals surface area (Å²) in [5.74, 6) is 0.389. The third kappa shape index (κ3) is 3.31. The Morgan fingerprint density at radius 1 is 1.41 bits per heavy atom. The molecule has 1 aromatic carbocycles. The Morgan fingerprint density at radius 2 is 2.23 bits per heavy atom. The van der Waals surface area contributed by atoms with Crippen LogP contribution in [-0.4, -0.2) is 30.3 Å². The molecule has 2 unspecified atom stereocenters. The van der Waals surface area contributed by atoms with Crippen LogP contribution in [0.2, 0.25) is 0 Å². The molecular formula is C17H21BrN2OS. The van der Waals surface area contributed by atoms with Crippen LogP contribution < -0.4 is 10.2 Å². The SMILES string of the molecule is CC1CN(c2cccc(O)c2Cc2cc(Br)cs2)C(C)CN1. The van der Waals surface area contributed by atoms with Gasteiger partial charge >= 0.3 is 0 Å². The number of benzene rings is 1. The highest BCUT2D eigenvalue weighted by atomic mass is 79.9. The van der Waals surface area contributed by atoms with Crippen LogP contribution in [0.25, 0.3) is 0 Å². The molecule has 1 saturated heterocycles. The molecule has 22 heavy (non-hydrogen) atoms. The van der Waals surface area contributed by atoms with Crippen LogP contribution >= 0.6 is 27.3 Å². The van der Waals surface area contributed by atoms with Gasteiger partial charge in [-0.2, -0.15) is 0 Å². The van der Waals surface area contributed by atoms with E-state index in [1.165, 1.54) is 4.88 Å². The highest BCUT2D eigenvalue weighted by Crippen LogP contribution is 2.34. The van der Waals surface area contributed by atoms with Crippen LogP contribution in [0.15, 0.2) is 34.1 Å². The van der Waals surface area contributed by atoms with Crippen molar-refractivity contribution in [1.82, 2.24) is 5.32 Å². The third-order valence-corrected chi connectivity index (χ3v) is 5.87. The summed E-state index contributed by atoms with van der Waals surface area (Å²) in [5, 5.41) is 16.0. The van der Waals surface area contributed by atoms with Gasteiger partial charge in [0.2, 0.25) is 0 Å². The maximum atomic E-state index is 10.4. The normalized spacial score (nSPS) is 22.0. The highest BCUT2D eigenvalue weighted by Gasteiger charge is 2.25. The lowest BCUT2D eigenvalue weighted by molar-refractivity contribution is 0.422. The van der Waals surface area contributed by atoms with Gasteiger partial charge < -0.3 is 15.3 Å². The van der Waals surface area contributed by atoms with Crippen molar-refractivity contribution >= 4 is 33.0 Å². The Kier molecular flexibility index (Phi) is 4.76. The van der Waals surface area contributed by atoms with E-state index in [0.717, 1.165) is 35.2 Å².